The highest BCUT2D eigenvalue weighted by atomic mass is 32.2. The average Bonchev–Trinajstić information content (AvgIpc) is 3.04. The molecular formula is C38H37N3O4S. The second kappa shape index (κ2) is 12.7. The molecule has 0 fully saturated rings. The second-order valence-electron chi connectivity index (χ2n) is 11.9. The van der Waals surface area contributed by atoms with Crippen molar-refractivity contribution in [1.29, 1.82) is 0 Å². The smallest absolute Gasteiger partial charge is 0.262 e. The van der Waals surface area contributed by atoms with Gasteiger partial charge in [-0.2, -0.15) is 0 Å². The lowest BCUT2D eigenvalue weighted by atomic mass is 9.98. The summed E-state index contributed by atoms with van der Waals surface area (Å²) in [6.07, 6.45) is -0.497. The molecule has 5 aromatic rings. The molecule has 1 heterocycles. The fourth-order valence-corrected chi connectivity index (χ4v) is 6.77. The van der Waals surface area contributed by atoms with E-state index in [0.29, 0.717) is 29.2 Å². The van der Waals surface area contributed by atoms with Gasteiger partial charge in [-0.1, -0.05) is 77.9 Å². The van der Waals surface area contributed by atoms with Gasteiger partial charge in [-0.15, -0.1) is 0 Å². The van der Waals surface area contributed by atoms with Crippen LogP contribution >= 0.6 is 0 Å². The summed E-state index contributed by atoms with van der Waals surface area (Å²) in [5.74, 6) is 0.455. The van der Waals surface area contributed by atoms with E-state index in [1.54, 1.807) is 29.2 Å². The number of benzene rings is 5. The number of hydrogen-bond acceptors (Lipinski definition) is 5. The normalized spacial score (nSPS) is 14.7. The predicted octanol–water partition coefficient (Wildman–Crippen LogP) is 8.26. The van der Waals surface area contributed by atoms with Crippen molar-refractivity contribution in [2.24, 2.45) is 0 Å². The summed E-state index contributed by atoms with van der Waals surface area (Å²) in [6, 6.07) is 37.6. The lowest BCUT2D eigenvalue weighted by molar-refractivity contribution is 0.0968. The molecule has 1 amide bonds. The van der Waals surface area contributed by atoms with Crippen molar-refractivity contribution in [3.63, 3.8) is 0 Å². The van der Waals surface area contributed by atoms with Gasteiger partial charge in [-0.25, -0.2) is 8.42 Å². The number of rotatable bonds is 9. The van der Waals surface area contributed by atoms with Crippen LogP contribution in [0.3, 0.4) is 0 Å². The molecule has 0 saturated carbocycles. The van der Waals surface area contributed by atoms with Crippen LogP contribution in [0.4, 0.5) is 17.1 Å². The molecule has 0 aliphatic carbocycles. The number of amides is 1. The highest BCUT2D eigenvalue weighted by Gasteiger charge is 2.40. The van der Waals surface area contributed by atoms with Crippen LogP contribution in [0.15, 0.2) is 126 Å². The first-order chi connectivity index (χ1) is 22.1. The van der Waals surface area contributed by atoms with Gasteiger partial charge in [-0.05, 0) is 93.4 Å². The number of nitrogens with one attached hydrogen (secondary N) is 1. The Morgan fingerprint density at radius 2 is 1.41 bits per heavy atom. The monoisotopic (exact) mass is 631 g/mol. The van der Waals surface area contributed by atoms with E-state index < -0.39 is 16.2 Å². The first-order valence-electron chi connectivity index (χ1n) is 15.3. The molecule has 1 N–H and O–H groups in total. The molecule has 5 aromatic carbocycles. The number of ether oxygens (including phenoxy) is 1. The standard InChI is InChI=1S/C38H37N3O4S/c1-26(2)45-33-20-14-30(15-21-33)37-40(25-29-8-6-5-7-9-29)36-23-22-34(46(43,44)39-31-16-10-27(3)11-17-31)24-35(36)38(42)41(37)32-18-12-28(4)13-19-32/h5-24,26,37,39H,25H2,1-4H3/t37-/m1/s1. The molecule has 1 aliphatic heterocycles. The molecule has 0 bridgehead atoms. The van der Waals surface area contributed by atoms with E-state index in [0.717, 1.165) is 28.0 Å². The molecule has 0 aromatic heterocycles. The average molecular weight is 632 g/mol. The molecule has 0 unspecified atom stereocenters. The van der Waals surface area contributed by atoms with Gasteiger partial charge in [0.15, 0.2) is 0 Å². The van der Waals surface area contributed by atoms with E-state index in [1.807, 2.05) is 119 Å². The zero-order valence-corrected chi connectivity index (χ0v) is 27.2. The fraction of sp³-hybridized carbons (Fsp3) is 0.184. The van der Waals surface area contributed by atoms with Crippen molar-refractivity contribution in [3.05, 3.63) is 149 Å². The lowest BCUT2D eigenvalue weighted by Gasteiger charge is -2.46. The number of carbonyl (C=O) groups is 1. The summed E-state index contributed by atoms with van der Waals surface area (Å²) < 4.78 is 35.7. The Bertz CT molecular complexity index is 1940. The Kier molecular flexibility index (Phi) is 8.56. The number of sulfonamides is 1. The molecule has 8 heteroatoms. The maximum Gasteiger partial charge on any atom is 0.262 e. The third kappa shape index (κ3) is 6.48. The molecule has 0 spiro atoms. The molecule has 7 nitrogen and oxygen atoms in total. The number of anilines is 3. The molecular weight excluding hydrogens is 595 g/mol. The van der Waals surface area contributed by atoms with Gasteiger partial charge in [0.05, 0.1) is 22.3 Å². The predicted molar refractivity (Wildman–Crippen MR) is 184 cm³/mol. The number of aryl methyl sites for hydroxylation is 2. The molecule has 6 rings (SSSR count). The zero-order chi connectivity index (χ0) is 32.4. The quantitative estimate of drug-likeness (QED) is 0.177. The maximum absolute atomic E-state index is 14.6. The Morgan fingerprint density at radius 3 is 2.04 bits per heavy atom. The van der Waals surface area contributed by atoms with E-state index in [2.05, 4.69) is 9.62 Å². The van der Waals surface area contributed by atoms with Gasteiger partial charge in [-0.3, -0.25) is 14.4 Å². The minimum atomic E-state index is -3.98. The van der Waals surface area contributed by atoms with Crippen LogP contribution in [0.5, 0.6) is 5.75 Å². The summed E-state index contributed by atoms with van der Waals surface area (Å²) in [5, 5.41) is 0. The number of hydrogen-bond donors (Lipinski definition) is 1. The van der Waals surface area contributed by atoms with E-state index in [4.69, 9.17) is 4.74 Å². The van der Waals surface area contributed by atoms with Crippen LogP contribution in [0.25, 0.3) is 0 Å². The van der Waals surface area contributed by atoms with Crippen LogP contribution in [0, 0.1) is 13.8 Å². The van der Waals surface area contributed by atoms with E-state index >= 15 is 0 Å². The van der Waals surface area contributed by atoms with Crippen molar-refractivity contribution >= 4 is 33.0 Å². The van der Waals surface area contributed by atoms with Gasteiger partial charge < -0.3 is 9.64 Å². The number of carbonyl (C=O) groups excluding carboxylic acids is 1. The number of fused-ring (bicyclic) bond motifs is 1. The number of nitrogens with zero attached hydrogens (tertiary/aromatic N) is 2. The van der Waals surface area contributed by atoms with Gasteiger partial charge in [0, 0.05) is 17.9 Å². The molecule has 46 heavy (non-hydrogen) atoms. The summed E-state index contributed by atoms with van der Waals surface area (Å²) in [5.41, 5.74) is 6.15. The minimum absolute atomic E-state index is 0.0114. The minimum Gasteiger partial charge on any atom is -0.491 e. The van der Waals surface area contributed by atoms with Crippen LogP contribution in [0.2, 0.25) is 0 Å². The Labute approximate surface area is 271 Å². The Hall–Kier alpha value is -5.08. The molecule has 1 atom stereocenters. The van der Waals surface area contributed by atoms with Crippen molar-refractivity contribution in [1.82, 2.24) is 0 Å². The van der Waals surface area contributed by atoms with Gasteiger partial charge >= 0.3 is 0 Å². The van der Waals surface area contributed by atoms with Crippen molar-refractivity contribution in [2.75, 3.05) is 14.5 Å². The molecule has 0 saturated heterocycles. The summed E-state index contributed by atoms with van der Waals surface area (Å²) >= 11 is 0. The van der Waals surface area contributed by atoms with E-state index in [9.17, 15) is 13.2 Å². The first kappa shape index (κ1) is 30.9. The highest BCUT2D eigenvalue weighted by Crippen LogP contribution is 2.43. The van der Waals surface area contributed by atoms with Crippen molar-refractivity contribution in [3.8, 4) is 5.75 Å². The third-order valence-corrected chi connectivity index (χ3v) is 9.32. The van der Waals surface area contributed by atoms with Crippen molar-refractivity contribution < 1.29 is 17.9 Å². The van der Waals surface area contributed by atoms with Gasteiger partial charge in [0.2, 0.25) is 0 Å². The largest absolute Gasteiger partial charge is 0.491 e. The molecule has 234 valence electrons. The SMILES string of the molecule is Cc1ccc(NS(=O)(=O)c2ccc3c(c2)C(=O)N(c2ccc(C)cc2)[C@H](c2ccc(OC(C)C)cc2)N3Cc2ccccc2)cc1. The second-order valence-corrected chi connectivity index (χ2v) is 13.6. The maximum atomic E-state index is 14.6. The fourth-order valence-electron chi connectivity index (χ4n) is 5.69. The zero-order valence-electron chi connectivity index (χ0n) is 26.3. The van der Waals surface area contributed by atoms with Crippen LogP contribution in [-0.2, 0) is 16.6 Å². The summed E-state index contributed by atoms with van der Waals surface area (Å²) in [4.78, 5) is 18.6. The Balaban J connectivity index is 1.50. The summed E-state index contributed by atoms with van der Waals surface area (Å²) in [7, 11) is -3.98. The lowest BCUT2D eigenvalue weighted by Crippen LogP contribution is -2.49. The molecule has 1 aliphatic rings. The molecule has 0 radical (unpaired) electrons. The van der Waals surface area contributed by atoms with Gasteiger partial charge in [0.1, 0.15) is 11.9 Å². The van der Waals surface area contributed by atoms with Gasteiger partial charge in [0.25, 0.3) is 15.9 Å². The third-order valence-electron chi connectivity index (χ3n) is 7.94. The van der Waals surface area contributed by atoms with Crippen LogP contribution in [0.1, 0.15) is 52.6 Å². The first-order valence-corrected chi connectivity index (χ1v) is 16.8. The topological polar surface area (TPSA) is 79.0 Å². The summed E-state index contributed by atoms with van der Waals surface area (Å²) in [6.45, 7) is 8.38. The van der Waals surface area contributed by atoms with E-state index in [1.165, 1.54) is 6.07 Å². The van der Waals surface area contributed by atoms with Crippen molar-refractivity contribution in [2.45, 2.75) is 51.4 Å². The van der Waals surface area contributed by atoms with E-state index in [-0.39, 0.29) is 16.9 Å². The van der Waals surface area contributed by atoms with Crippen LogP contribution in [-0.4, -0.2) is 20.4 Å². The Morgan fingerprint density at radius 1 is 0.783 bits per heavy atom. The van der Waals surface area contributed by atoms with Crippen LogP contribution < -0.4 is 19.3 Å². The highest BCUT2D eigenvalue weighted by molar-refractivity contribution is 7.92.